The van der Waals surface area contributed by atoms with Gasteiger partial charge in [-0.25, -0.2) is 0 Å². The van der Waals surface area contributed by atoms with Gasteiger partial charge in [0.2, 0.25) is 5.91 Å². The molecule has 0 saturated heterocycles. The minimum absolute atomic E-state index is 0.0314. The van der Waals surface area contributed by atoms with E-state index in [1.165, 1.54) is 22.4 Å². The molecule has 1 N–H and O–H groups in total. The lowest BCUT2D eigenvalue weighted by Gasteiger charge is -2.23. The predicted octanol–water partition coefficient (Wildman–Crippen LogP) is 1.93. The van der Waals surface area contributed by atoms with E-state index in [0.29, 0.717) is 5.75 Å². The van der Waals surface area contributed by atoms with Crippen LogP contribution in [-0.4, -0.2) is 42.5 Å². The van der Waals surface area contributed by atoms with E-state index < -0.39 is 0 Å². The molecule has 0 fully saturated rings. The monoisotopic (exact) mass is 318 g/mol. The molecule has 1 aliphatic carbocycles. The van der Waals surface area contributed by atoms with Gasteiger partial charge in [0.05, 0.1) is 6.54 Å². The second-order valence-corrected chi connectivity index (χ2v) is 7.12. The topological polar surface area (TPSA) is 58.6 Å². The molecule has 0 spiro atoms. The Balaban J connectivity index is 1.81. The molecule has 1 aromatic carbocycles. The average molecular weight is 318 g/mol. The van der Waals surface area contributed by atoms with Crippen molar-refractivity contribution in [2.45, 2.75) is 45.6 Å². The first-order valence-corrected chi connectivity index (χ1v) is 8.04. The fourth-order valence-corrected chi connectivity index (χ4v) is 2.65. The highest BCUT2D eigenvalue weighted by Gasteiger charge is 2.18. The van der Waals surface area contributed by atoms with Crippen LogP contribution in [0.25, 0.3) is 0 Å². The summed E-state index contributed by atoms with van der Waals surface area (Å²) in [7, 11) is 1.61. The molecule has 2 rings (SSSR count). The van der Waals surface area contributed by atoms with Gasteiger partial charge in [0, 0.05) is 12.6 Å². The van der Waals surface area contributed by atoms with Crippen molar-refractivity contribution in [1.82, 2.24) is 10.2 Å². The molecule has 1 aromatic rings. The highest BCUT2D eigenvalue weighted by Crippen LogP contribution is 2.25. The lowest BCUT2D eigenvalue weighted by molar-refractivity contribution is -0.136. The molecule has 0 aliphatic heterocycles. The molecule has 0 unspecified atom stereocenters. The van der Waals surface area contributed by atoms with Gasteiger partial charge in [-0.1, -0.05) is 6.07 Å². The van der Waals surface area contributed by atoms with Crippen LogP contribution < -0.4 is 10.1 Å². The molecule has 0 heterocycles. The summed E-state index contributed by atoms with van der Waals surface area (Å²) in [4.78, 5) is 25.3. The zero-order valence-corrected chi connectivity index (χ0v) is 14.4. The van der Waals surface area contributed by atoms with Crippen molar-refractivity contribution in [3.8, 4) is 5.75 Å². The number of amides is 2. The number of ether oxygens (including phenoxy) is 1. The van der Waals surface area contributed by atoms with Crippen molar-refractivity contribution in [2.24, 2.45) is 0 Å². The predicted molar refractivity (Wildman–Crippen MR) is 89.5 cm³/mol. The average Bonchev–Trinajstić information content (AvgIpc) is 2.89. The number of hydrogen-bond donors (Lipinski definition) is 1. The third-order valence-electron chi connectivity index (χ3n) is 3.75. The molecule has 1 aliphatic rings. The van der Waals surface area contributed by atoms with E-state index >= 15 is 0 Å². The molecule has 23 heavy (non-hydrogen) atoms. The van der Waals surface area contributed by atoms with E-state index in [-0.39, 0.29) is 30.5 Å². The van der Waals surface area contributed by atoms with E-state index in [9.17, 15) is 9.59 Å². The summed E-state index contributed by atoms with van der Waals surface area (Å²) in [6, 6.07) is 5.99. The van der Waals surface area contributed by atoms with Gasteiger partial charge in [-0.15, -0.1) is 0 Å². The maximum atomic E-state index is 12.1. The van der Waals surface area contributed by atoms with Gasteiger partial charge >= 0.3 is 0 Å². The Kier molecular flexibility index (Phi) is 5.29. The van der Waals surface area contributed by atoms with Crippen LogP contribution in [0.2, 0.25) is 0 Å². The van der Waals surface area contributed by atoms with E-state index in [2.05, 4.69) is 11.4 Å². The Hall–Kier alpha value is -2.04. The minimum atomic E-state index is -0.304. The van der Waals surface area contributed by atoms with Crippen LogP contribution in [0.3, 0.4) is 0 Å². The summed E-state index contributed by atoms with van der Waals surface area (Å²) < 4.78 is 5.57. The van der Waals surface area contributed by atoms with Crippen LogP contribution in [0.4, 0.5) is 0 Å². The van der Waals surface area contributed by atoms with Gasteiger partial charge in [-0.05, 0) is 63.3 Å². The summed E-state index contributed by atoms with van der Waals surface area (Å²) >= 11 is 0. The first-order valence-electron chi connectivity index (χ1n) is 8.04. The lowest BCUT2D eigenvalue weighted by Crippen LogP contribution is -2.47. The first-order chi connectivity index (χ1) is 10.7. The Labute approximate surface area is 138 Å². The Morgan fingerprint density at radius 1 is 1.22 bits per heavy atom. The number of nitrogens with one attached hydrogen (secondary N) is 1. The zero-order chi connectivity index (χ0) is 17.0. The molecule has 0 aromatic heterocycles. The SMILES string of the molecule is CN(CC(=O)NC(C)(C)C)C(=O)COc1ccc2c(c1)CCC2. The quantitative estimate of drug-likeness (QED) is 0.902. The highest BCUT2D eigenvalue weighted by atomic mass is 16.5. The minimum Gasteiger partial charge on any atom is -0.484 e. The number of carbonyl (C=O) groups is 2. The van der Waals surface area contributed by atoms with E-state index in [1.807, 2.05) is 32.9 Å². The number of carbonyl (C=O) groups excluding carboxylic acids is 2. The van der Waals surface area contributed by atoms with Crippen LogP contribution in [0.5, 0.6) is 5.75 Å². The van der Waals surface area contributed by atoms with E-state index in [1.54, 1.807) is 7.05 Å². The van der Waals surface area contributed by atoms with Crippen LogP contribution in [0.15, 0.2) is 18.2 Å². The van der Waals surface area contributed by atoms with Gasteiger partial charge in [0.15, 0.2) is 6.61 Å². The summed E-state index contributed by atoms with van der Waals surface area (Å²) in [5.41, 5.74) is 2.38. The molecular weight excluding hydrogens is 292 g/mol. The zero-order valence-electron chi connectivity index (χ0n) is 14.4. The van der Waals surface area contributed by atoms with Crippen molar-refractivity contribution in [1.29, 1.82) is 0 Å². The first kappa shape index (κ1) is 17.3. The number of fused-ring (bicyclic) bond motifs is 1. The summed E-state index contributed by atoms with van der Waals surface area (Å²) in [6.07, 6.45) is 3.39. The fourth-order valence-electron chi connectivity index (χ4n) is 2.65. The number of likely N-dealkylation sites (N-methyl/N-ethyl adjacent to an activating group) is 1. The Morgan fingerprint density at radius 3 is 2.61 bits per heavy atom. The molecule has 0 bridgehead atoms. The number of benzene rings is 1. The normalized spacial score (nSPS) is 13.4. The van der Waals surface area contributed by atoms with Crippen molar-refractivity contribution < 1.29 is 14.3 Å². The number of nitrogens with zero attached hydrogens (tertiary/aromatic N) is 1. The molecule has 5 heteroatoms. The Morgan fingerprint density at radius 2 is 1.91 bits per heavy atom. The molecular formula is C18H26N2O3. The molecule has 5 nitrogen and oxygen atoms in total. The third kappa shape index (κ3) is 5.27. The largest absolute Gasteiger partial charge is 0.484 e. The van der Waals surface area contributed by atoms with Crippen molar-refractivity contribution >= 4 is 11.8 Å². The van der Waals surface area contributed by atoms with Crippen LogP contribution in [-0.2, 0) is 22.4 Å². The van der Waals surface area contributed by atoms with Crippen LogP contribution >= 0.6 is 0 Å². The third-order valence-corrected chi connectivity index (χ3v) is 3.75. The molecule has 0 saturated carbocycles. The summed E-state index contributed by atoms with van der Waals surface area (Å²) in [5.74, 6) is 0.326. The van der Waals surface area contributed by atoms with Gasteiger partial charge in [0.1, 0.15) is 5.75 Å². The number of aryl methyl sites for hydroxylation is 2. The lowest BCUT2D eigenvalue weighted by atomic mass is 10.1. The number of rotatable bonds is 5. The van der Waals surface area contributed by atoms with Crippen molar-refractivity contribution in [3.63, 3.8) is 0 Å². The number of hydrogen-bond acceptors (Lipinski definition) is 3. The van der Waals surface area contributed by atoms with E-state index in [4.69, 9.17) is 4.74 Å². The summed E-state index contributed by atoms with van der Waals surface area (Å²) in [5, 5.41) is 2.83. The van der Waals surface area contributed by atoms with E-state index in [0.717, 1.165) is 12.8 Å². The van der Waals surface area contributed by atoms with Gasteiger partial charge in [0.25, 0.3) is 5.91 Å². The fraction of sp³-hybridized carbons (Fsp3) is 0.556. The highest BCUT2D eigenvalue weighted by molar-refractivity contribution is 5.85. The summed E-state index contributed by atoms with van der Waals surface area (Å²) in [6.45, 7) is 5.69. The maximum Gasteiger partial charge on any atom is 0.260 e. The maximum absolute atomic E-state index is 12.1. The second-order valence-electron chi connectivity index (χ2n) is 7.12. The second kappa shape index (κ2) is 7.02. The van der Waals surface area contributed by atoms with Crippen LogP contribution in [0.1, 0.15) is 38.3 Å². The van der Waals surface area contributed by atoms with Crippen molar-refractivity contribution in [3.05, 3.63) is 29.3 Å². The molecule has 0 atom stereocenters. The van der Waals surface area contributed by atoms with Gasteiger partial charge in [-0.3, -0.25) is 9.59 Å². The van der Waals surface area contributed by atoms with Crippen molar-refractivity contribution in [2.75, 3.05) is 20.2 Å². The standard InChI is InChI=1S/C18H26N2O3/c1-18(2,3)19-16(21)11-20(4)17(22)12-23-15-9-8-13-6-5-7-14(13)10-15/h8-10H,5-7,11-12H2,1-4H3,(H,19,21). The Bertz CT molecular complexity index is 590. The van der Waals surface area contributed by atoms with Crippen LogP contribution in [0, 0.1) is 0 Å². The molecule has 0 radical (unpaired) electrons. The smallest absolute Gasteiger partial charge is 0.260 e. The van der Waals surface area contributed by atoms with Gasteiger partial charge in [-0.2, -0.15) is 0 Å². The molecule has 126 valence electrons. The van der Waals surface area contributed by atoms with Gasteiger partial charge < -0.3 is 15.0 Å². The molecule has 2 amide bonds.